The van der Waals surface area contributed by atoms with Crippen LogP contribution in [-0.4, -0.2) is 55.4 Å². The second-order valence-electron chi connectivity index (χ2n) is 10.8. The fraction of sp³-hybridized carbons (Fsp3) is 0.323. The van der Waals surface area contributed by atoms with Crippen LogP contribution in [0.5, 0.6) is 11.5 Å². The maximum absolute atomic E-state index is 15.5. The Morgan fingerprint density at radius 1 is 1.20 bits per heavy atom. The zero-order valence-corrected chi connectivity index (χ0v) is 24.4. The van der Waals surface area contributed by atoms with Crippen LogP contribution in [0.25, 0.3) is 22.3 Å². The monoisotopic (exact) mass is 605 g/mol. The SMILES string of the molecule is CCOC(C)(C)C=C(C#N)C(=O)N1CCCC1Cn1nc(-c2ccc(Oc3cccc(F)c3F)cc2F)c2c(N)ncnc21. The standard InChI is InChI=1S/C31H30F3N7O3/c1-4-43-31(2,3)14-18(15-35)30(42)40-12-6-7-19(40)16-41-29-25(28(36)37-17-38-29)27(39-41)21-11-10-20(13-23(21)33)44-24-9-5-8-22(32)26(24)34/h5,8-11,13-14,17,19H,4,6-7,12,16H2,1-3H3,(H2,36,37,38). The second kappa shape index (κ2) is 12.3. The van der Waals surface area contributed by atoms with Crippen LogP contribution in [0.2, 0.25) is 0 Å². The highest BCUT2D eigenvalue weighted by Gasteiger charge is 2.33. The molecule has 0 aliphatic carbocycles. The van der Waals surface area contributed by atoms with Crippen LogP contribution >= 0.6 is 0 Å². The van der Waals surface area contributed by atoms with E-state index in [4.69, 9.17) is 15.2 Å². The Bertz CT molecular complexity index is 1800. The molecule has 228 valence electrons. The summed E-state index contributed by atoms with van der Waals surface area (Å²) >= 11 is 0. The third-order valence-corrected chi connectivity index (χ3v) is 7.28. The zero-order chi connectivity index (χ0) is 31.6. The van der Waals surface area contributed by atoms with E-state index < -0.39 is 34.7 Å². The number of rotatable bonds is 9. The van der Waals surface area contributed by atoms with Gasteiger partial charge in [-0.3, -0.25) is 4.79 Å². The van der Waals surface area contributed by atoms with Gasteiger partial charge in [0.25, 0.3) is 5.91 Å². The fourth-order valence-corrected chi connectivity index (χ4v) is 5.34. The van der Waals surface area contributed by atoms with E-state index in [0.29, 0.717) is 30.6 Å². The van der Waals surface area contributed by atoms with Crippen molar-refractivity contribution >= 4 is 22.8 Å². The Morgan fingerprint density at radius 2 is 2.00 bits per heavy atom. The number of fused-ring (bicyclic) bond motifs is 1. The van der Waals surface area contributed by atoms with Gasteiger partial charge in [0, 0.05) is 24.8 Å². The number of halogens is 3. The molecule has 0 saturated carbocycles. The molecule has 3 heterocycles. The minimum Gasteiger partial charge on any atom is -0.454 e. The van der Waals surface area contributed by atoms with Crippen molar-refractivity contribution in [3.63, 3.8) is 0 Å². The van der Waals surface area contributed by atoms with Gasteiger partial charge in [0.1, 0.15) is 41.0 Å². The number of hydrogen-bond acceptors (Lipinski definition) is 8. The number of amides is 1. The number of carbonyl (C=O) groups is 1. The van der Waals surface area contributed by atoms with Crippen LogP contribution in [-0.2, 0) is 16.1 Å². The minimum atomic E-state index is -1.19. The van der Waals surface area contributed by atoms with Crippen molar-refractivity contribution in [1.29, 1.82) is 5.26 Å². The molecule has 2 aromatic heterocycles. The van der Waals surface area contributed by atoms with Crippen LogP contribution in [0.3, 0.4) is 0 Å². The fourth-order valence-electron chi connectivity index (χ4n) is 5.34. The lowest BCUT2D eigenvalue weighted by Crippen LogP contribution is -2.39. The molecule has 44 heavy (non-hydrogen) atoms. The molecule has 1 aliphatic rings. The molecule has 0 spiro atoms. The highest BCUT2D eigenvalue weighted by molar-refractivity contribution is 5.99. The Balaban J connectivity index is 1.46. The van der Waals surface area contributed by atoms with Crippen LogP contribution in [0.15, 0.2) is 54.4 Å². The predicted octanol–water partition coefficient (Wildman–Crippen LogP) is 5.54. The van der Waals surface area contributed by atoms with Crippen molar-refractivity contribution in [2.75, 3.05) is 18.9 Å². The zero-order valence-electron chi connectivity index (χ0n) is 24.4. The molecule has 2 N–H and O–H groups in total. The molecule has 1 saturated heterocycles. The normalized spacial score (nSPS) is 15.5. The van der Waals surface area contributed by atoms with E-state index in [1.807, 2.05) is 13.0 Å². The third kappa shape index (κ3) is 6.07. The number of benzene rings is 2. The molecule has 1 atom stereocenters. The number of nitrogen functional groups attached to an aromatic ring is 1. The molecule has 1 fully saturated rings. The van der Waals surface area contributed by atoms with Crippen molar-refractivity contribution in [2.24, 2.45) is 0 Å². The largest absolute Gasteiger partial charge is 0.454 e. The molecule has 13 heteroatoms. The summed E-state index contributed by atoms with van der Waals surface area (Å²) in [5.74, 6) is -3.83. The highest BCUT2D eigenvalue weighted by Crippen LogP contribution is 2.35. The molecule has 1 unspecified atom stereocenters. The van der Waals surface area contributed by atoms with E-state index in [0.717, 1.165) is 18.6 Å². The molecule has 5 rings (SSSR count). The molecule has 2 aromatic carbocycles. The minimum absolute atomic E-state index is 0.0181. The molecule has 1 aliphatic heterocycles. The summed E-state index contributed by atoms with van der Waals surface area (Å²) in [5.41, 5.74) is 5.92. The number of hydrogen-bond donors (Lipinski definition) is 1. The Kier molecular flexibility index (Phi) is 8.55. The van der Waals surface area contributed by atoms with Crippen molar-refractivity contribution < 1.29 is 27.4 Å². The first kappa shape index (κ1) is 30.5. The lowest BCUT2D eigenvalue weighted by Gasteiger charge is -2.26. The summed E-state index contributed by atoms with van der Waals surface area (Å²) in [5, 5.41) is 14.7. The maximum Gasteiger partial charge on any atom is 0.264 e. The summed E-state index contributed by atoms with van der Waals surface area (Å²) in [4.78, 5) is 23.5. The number of nitrogens with zero attached hydrogens (tertiary/aromatic N) is 6. The van der Waals surface area contributed by atoms with E-state index in [1.54, 1.807) is 23.4 Å². The molecule has 10 nitrogen and oxygen atoms in total. The van der Waals surface area contributed by atoms with Crippen molar-refractivity contribution in [3.8, 4) is 28.8 Å². The molecule has 0 radical (unpaired) electrons. The van der Waals surface area contributed by atoms with E-state index in [-0.39, 0.29) is 41.0 Å². The van der Waals surface area contributed by atoms with Gasteiger partial charge in [0.15, 0.2) is 17.2 Å². The quantitative estimate of drug-likeness (QED) is 0.194. The number of anilines is 1. The molecule has 1 amide bonds. The van der Waals surface area contributed by atoms with E-state index >= 15 is 4.39 Å². The van der Waals surface area contributed by atoms with E-state index in [2.05, 4.69) is 15.1 Å². The third-order valence-electron chi connectivity index (χ3n) is 7.28. The highest BCUT2D eigenvalue weighted by atomic mass is 19.2. The van der Waals surface area contributed by atoms with Gasteiger partial charge in [-0.1, -0.05) is 6.07 Å². The van der Waals surface area contributed by atoms with Gasteiger partial charge >= 0.3 is 0 Å². The first-order valence-electron chi connectivity index (χ1n) is 14.0. The summed E-state index contributed by atoms with van der Waals surface area (Å²) in [6.45, 7) is 6.46. The number of aromatic nitrogens is 4. The van der Waals surface area contributed by atoms with Crippen LogP contribution in [0.4, 0.5) is 19.0 Å². The summed E-state index contributed by atoms with van der Waals surface area (Å²) in [6, 6.07) is 8.94. The van der Waals surface area contributed by atoms with Crippen molar-refractivity contribution in [1.82, 2.24) is 24.6 Å². The lowest BCUT2D eigenvalue weighted by molar-refractivity contribution is -0.127. The van der Waals surface area contributed by atoms with E-state index in [1.165, 1.54) is 36.7 Å². The molecular formula is C31H30F3N7O3. The average Bonchev–Trinajstić information content (AvgIpc) is 3.59. The number of carbonyl (C=O) groups excluding carboxylic acids is 1. The van der Waals surface area contributed by atoms with Crippen LogP contribution in [0, 0.1) is 28.8 Å². The van der Waals surface area contributed by atoms with Gasteiger partial charge in [-0.15, -0.1) is 0 Å². The predicted molar refractivity (Wildman–Crippen MR) is 156 cm³/mol. The Labute approximate surface area is 251 Å². The number of nitrogens with two attached hydrogens (primary N) is 1. The van der Waals surface area contributed by atoms with Gasteiger partial charge in [-0.2, -0.15) is 14.8 Å². The van der Waals surface area contributed by atoms with E-state index in [9.17, 15) is 18.8 Å². The smallest absolute Gasteiger partial charge is 0.264 e. The number of likely N-dealkylation sites (tertiary alicyclic amines) is 1. The molecule has 0 bridgehead atoms. The summed E-state index contributed by atoms with van der Waals surface area (Å²) in [6.07, 6.45) is 4.16. The topological polar surface area (TPSA) is 132 Å². The lowest BCUT2D eigenvalue weighted by atomic mass is 10.0. The maximum atomic E-state index is 15.5. The van der Waals surface area contributed by atoms with Crippen LogP contribution < -0.4 is 10.5 Å². The average molecular weight is 606 g/mol. The molecular weight excluding hydrogens is 575 g/mol. The van der Waals surface area contributed by atoms with Gasteiger partial charge < -0.3 is 20.1 Å². The Hall–Kier alpha value is -4.96. The summed E-state index contributed by atoms with van der Waals surface area (Å²) in [7, 11) is 0. The van der Waals surface area contributed by atoms with Crippen LogP contribution in [0.1, 0.15) is 33.6 Å². The summed E-state index contributed by atoms with van der Waals surface area (Å²) < 4.78 is 55.7. The first-order valence-corrected chi connectivity index (χ1v) is 14.0. The van der Waals surface area contributed by atoms with Crippen molar-refractivity contribution in [2.45, 2.75) is 51.8 Å². The molecule has 4 aromatic rings. The van der Waals surface area contributed by atoms with Crippen molar-refractivity contribution in [3.05, 3.63) is 71.8 Å². The number of ether oxygens (including phenoxy) is 2. The number of nitriles is 1. The van der Waals surface area contributed by atoms with Gasteiger partial charge in [-0.25, -0.2) is 23.4 Å². The second-order valence-corrected chi connectivity index (χ2v) is 10.8. The van der Waals surface area contributed by atoms with Gasteiger partial charge in [0.05, 0.1) is 23.6 Å². The Morgan fingerprint density at radius 3 is 2.73 bits per heavy atom. The van der Waals surface area contributed by atoms with Gasteiger partial charge in [-0.05, 0) is 64.0 Å². The van der Waals surface area contributed by atoms with Gasteiger partial charge in [0.2, 0.25) is 5.82 Å². The first-order chi connectivity index (χ1) is 21.0.